The number of morpholine rings is 1. The van der Waals surface area contributed by atoms with Gasteiger partial charge >= 0.3 is 6.03 Å². The molecule has 5 aromatic rings. The second-order valence-corrected chi connectivity index (χ2v) is 10.9. The van der Waals surface area contributed by atoms with Crippen LogP contribution < -0.4 is 15.5 Å². The van der Waals surface area contributed by atoms with Crippen LogP contribution in [0.25, 0.3) is 26.6 Å². The quantitative estimate of drug-likeness (QED) is 0.329. The van der Waals surface area contributed by atoms with Gasteiger partial charge in [0.1, 0.15) is 16.4 Å². The van der Waals surface area contributed by atoms with E-state index < -0.39 is 0 Å². The van der Waals surface area contributed by atoms with Gasteiger partial charge in [-0.25, -0.2) is 14.8 Å². The fourth-order valence-corrected chi connectivity index (χ4v) is 5.15. The summed E-state index contributed by atoms with van der Waals surface area (Å²) in [6.07, 6.45) is 2.02. The summed E-state index contributed by atoms with van der Waals surface area (Å²) in [6.45, 7) is 9.23. The Kier molecular flexibility index (Phi) is 5.81. The van der Waals surface area contributed by atoms with Crippen LogP contribution in [0.2, 0.25) is 0 Å². The number of carbonyl (C=O) groups is 1. The van der Waals surface area contributed by atoms with Crippen molar-refractivity contribution in [3.05, 3.63) is 54.4 Å². The molecule has 2 amide bonds. The summed E-state index contributed by atoms with van der Waals surface area (Å²) in [4.78, 5) is 26.2. The molecule has 5 heterocycles. The summed E-state index contributed by atoms with van der Waals surface area (Å²) in [5.41, 5.74) is 3.33. The van der Waals surface area contributed by atoms with Gasteiger partial charge in [0.05, 0.1) is 24.4 Å². The standard InChI is InChI=1S/C26H27N7O3S/c1-26(2,3)20-14-21(31-36-20)29-24(34)27-17-6-4-16(5-7-17)18-15-33-19-8-9-22(32-10-12-35-13-11-32)30-23(19)37-25(33)28-18/h4-9,14-15H,10-13H2,1-3H3,(H2,27,29,31,34). The van der Waals surface area contributed by atoms with Crippen LogP contribution in [0.4, 0.5) is 22.1 Å². The molecule has 2 N–H and O–H groups in total. The molecule has 1 aliphatic heterocycles. The van der Waals surface area contributed by atoms with E-state index in [1.54, 1.807) is 17.4 Å². The highest BCUT2D eigenvalue weighted by molar-refractivity contribution is 7.23. The molecule has 1 saturated heterocycles. The monoisotopic (exact) mass is 517 g/mol. The van der Waals surface area contributed by atoms with Crippen LogP contribution in [-0.2, 0) is 10.2 Å². The minimum Gasteiger partial charge on any atom is -0.378 e. The summed E-state index contributed by atoms with van der Waals surface area (Å²) < 4.78 is 12.8. The normalized spacial score (nSPS) is 14.4. The second kappa shape index (κ2) is 9.16. The van der Waals surface area contributed by atoms with Gasteiger partial charge in [-0.3, -0.25) is 9.72 Å². The maximum absolute atomic E-state index is 12.4. The lowest BCUT2D eigenvalue weighted by Gasteiger charge is -2.27. The molecule has 1 aliphatic rings. The Morgan fingerprint density at radius 2 is 1.81 bits per heavy atom. The van der Waals surface area contributed by atoms with Crippen LogP contribution in [0.15, 0.2) is 53.2 Å². The Hall–Kier alpha value is -3.96. The number of carbonyl (C=O) groups excluding carboxylic acids is 1. The molecule has 0 bridgehead atoms. The van der Waals surface area contributed by atoms with Gasteiger partial charge in [0.15, 0.2) is 10.8 Å². The fourth-order valence-electron chi connectivity index (χ4n) is 4.17. The zero-order valence-electron chi connectivity index (χ0n) is 20.8. The third kappa shape index (κ3) is 4.75. The van der Waals surface area contributed by atoms with Crippen LogP contribution in [0.1, 0.15) is 26.5 Å². The zero-order valence-corrected chi connectivity index (χ0v) is 21.6. The van der Waals surface area contributed by atoms with Crippen LogP contribution >= 0.6 is 11.3 Å². The lowest BCUT2D eigenvalue weighted by Crippen LogP contribution is -2.36. The van der Waals surface area contributed by atoms with Crippen molar-refractivity contribution in [1.82, 2.24) is 19.5 Å². The zero-order chi connectivity index (χ0) is 25.6. The largest absolute Gasteiger partial charge is 0.378 e. The average molecular weight is 518 g/mol. The highest BCUT2D eigenvalue weighted by atomic mass is 32.1. The van der Waals surface area contributed by atoms with E-state index in [2.05, 4.69) is 37.2 Å². The van der Waals surface area contributed by atoms with Gasteiger partial charge in [0.25, 0.3) is 0 Å². The number of rotatable bonds is 4. The van der Waals surface area contributed by atoms with E-state index in [9.17, 15) is 4.79 Å². The molecule has 0 spiro atoms. The van der Waals surface area contributed by atoms with Crippen molar-refractivity contribution < 1.29 is 14.1 Å². The van der Waals surface area contributed by atoms with Crippen molar-refractivity contribution in [2.45, 2.75) is 26.2 Å². The number of pyridine rings is 1. The third-order valence-corrected chi connectivity index (χ3v) is 7.18. The number of hydrogen-bond donors (Lipinski definition) is 2. The van der Waals surface area contributed by atoms with Crippen molar-refractivity contribution in [1.29, 1.82) is 0 Å². The Bertz CT molecular complexity index is 1570. The molecule has 0 atom stereocenters. The molecular weight excluding hydrogens is 490 g/mol. The van der Waals surface area contributed by atoms with E-state index in [0.29, 0.717) is 17.3 Å². The van der Waals surface area contributed by atoms with E-state index in [4.69, 9.17) is 19.2 Å². The van der Waals surface area contributed by atoms with Gasteiger partial charge in [0.2, 0.25) is 0 Å². The van der Waals surface area contributed by atoms with Gasteiger partial charge in [0, 0.05) is 42.0 Å². The fraction of sp³-hybridized carbons (Fsp3) is 0.308. The molecule has 37 heavy (non-hydrogen) atoms. The number of amides is 2. The highest BCUT2D eigenvalue weighted by Gasteiger charge is 2.20. The smallest absolute Gasteiger partial charge is 0.324 e. The average Bonchev–Trinajstić information content (AvgIpc) is 3.59. The first-order valence-electron chi connectivity index (χ1n) is 12.1. The maximum Gasteiger partial charge on any atom is 0.324 e. The van der Waals surface area contributed by atoms with E-state index in [-0.39, 0.29) is 11.4 Å². The topological polar surface area (TPSA) is 110 Å². The number of hydrogen-bond acceptors (Lipinski definition) is 8. The number of imidazole rings is 1. The molecule has 6 rings (SSSR count). The van der Waals surface area contributed by atoms with E-state index in [1.807, 2.05) is 51.2 Å². The number of nitrogens with zero attached hydrogens (tertiary/aromatic N) is 5. The summed E-state index contributed by atoms with van der Waals surface area (Å²) in [6, 6.07) is 13.1. The number of nitrogens with one attached hydrogen (secondary N) is 2. The predicted octanol–water partition coefficient (Wildman–Crippen LogP) is 5.38. The third-order valence-electron chi connectivity index (χ3n) is 6.21. The maximum atomic E-state index is 12.4. The molecule has 10 nitrogen and oxygen atoms in total. The van der Waals surface area contributed by atoms with Crippen molar-refractivity contribution in [3.8, 4) is 11.3 Å². The molecular formula is C26H27N7O3S. The summed E-state index contributed by atoms with van der Waals surface area (Å²) in [5, 5.41) is 9.44. The van der Waals surface area contributed by atoms with Gasteiger partial charge in [-0.2, -0.15) is 0 Å². The highest BCUT2D eigenvalue weighted by Crippen LogP contribution is 2.31. The Labute approximate surface area is 217 Å². The molecule has 1 aromatic carbocycles. The molecule has 11 heteroatoms. The first kappa shape index (κ1) is 23.4. The van der Waals surface area contributed by atoms with Gasteiger partial charge in [-0.1, -0.05) is 49.4 Å². The first-order valence-corrected chi connectivity index (χ1v) is 12.9. The Balaban J connectivity index is 1.15. The van der Waals surface area contributed by atoms with Crippen LogP contribution in [0.5, 0.6) is 0 Å². The van der Waals surface area contributed by atoms with Crippen molar-refractivity contribution in [2.24, 2.45) is 0 Å². The predicted molar refractivity (Wildman–Crippen MR) is 145 cm³/mol. The van der Waals surface area contributed by atoms with Gasteiger partial charge < -0.3 is 19.5 Å². The number of thiazole rings is 1. The number of urea groups is 1. The van der Waals surface area contributed by atoms with Crippen molar-refractivity contribution in [2.75, 3.05) is 41.8 Å². The number of benzene rings is 1. The van der Waals surface area contributed by atoms with E-state index in [0.717, 1.165) is 58.7 Å². The number of aromatic nitrogens is 4. The molecule has 1 fully saturated rings. The molecule has 4 aromatic heterocycles. The summed E-state index contributed by atoms with van der Waals surface area (Å²) in [5.74, 6) is 2.05. The molecule has 190 valence electrons. The number of ether oxygens (including phenoxy) is 1. The Morgan fingerprint density at radius 1 is 1.03 bits per heavy atom. The molecule has 0 aliphatic carbocycles. The molecule has 0 radical (unpaired) electrons. The van der Waals surface area contributed by atoms with Crippen molar-refractivity contribution >= 4 is 50.0 Å². The number of anilines is 3. The van der Waals surface area contributed by atoms with Crippen LogP contribution in [0.3, 0.4) is 0 Å². The lowest BCUT2D eigenvalue weighted by molar-refractivity contribution is 0.122. The SMILES string of the molecule is CC(C)(C)c1cc(NC(=O)Nc2ccc(-c3cn4c(n3)sc3nc(N5CCOCC5)ccc34)cc2)no1. The van der Waals surface area contributed by atoms with Crippen molar-refractivity contribution in [3.63, 3.8) is 0 Å². The summed E-state index contributed by atoms with van der Waals surface area (Å²) in [7, 11) is 0. The van der Waals surface area contributed by atoms with E-state index in [1.165, 1.54) is 0 Å². The molecule has 0 unspecified atom stereocenters. The van der Waals surface area contributed by atoms with Crippen LogP contribution in [0, 0.1) is 0 Å². The Morgan fingerprint density at radius 3 is 2.54 bits per heavy atom. The minimum absolute atomic E-state index is 0.185. The van der Waals surface area contributed by atoms with E-state index >= 15 is 0 Å². The van der Waals surface area contributed by atoms with Gasteiger partial charge in [-0.15, -0.1) is 0 Å². The lowest BCUT2D eigenvalue weighted by atomic mass is 9.93. The van der Waals surface area contributed by atoms with Crippen LogP contribution in [-0.4, -0.2) is 51.9 Å². The molecule has 0 saturated carbocycles. The second-order valence-electron chi connectivity index (χ2n) is 9.96. The van der Waals surface area contributed by atoms with Gasteiger partial charge in [-0.05, 0) is 24.3 Å². The number of fused-ring (bicyclic) bond motifs is 3. The minimum atomic E-state index is -0.389. The summed E-state index contributed by atoms with van der Waals surface area (Å²) >= 11 is 1.57. The first-order chi connectivity index (χ1) is 17.8.